The van der Waals surface area contributed by atoms with E-state index in [4.69, 9.17) is 0 Å². The number of para-hydroxylation sites is 1. The van der Waals surface area contributed by atoms with Gasteiger partial charge in [0.05, 0.1) is 11.9 Å². The third kappa shape index (κ3) is 3.18. The molecule has 1 aromatic heterocycles. The van der Waals surface area contributed by atoms with Crippen molar-refractivity contribution in [3.8, 4) is 0 Å². The molecule has 0 fully saturated rings. The number of benzene rings is 2. The smallest absolute Gasteiger partial charge is 0.228 e. The third-order valence-corrected chi connectivity index (χ3v) is 3.77. The molecule has 0 aliphatic rings. The Morgan fingerprint density at radius 3 is 2.61 bits per heavy atom. The SMILES string of the molecule is CN(C)c1ccc(NC(=O)Cc2c[nH]c3c(F)cccc23)cc1. The van der Waals surface area contributed by atoms with Crippen molar-refractivity contribution in [3.63, 3.8) is 0 Å². The first-order valence-corrected chi connectivity index (χ1v) is 7.36. The van der Waals surface area contributed by atoms with Crippen LogP contribution >= 0.6 is 0 Å². The molecule has 0 aliphatic carbocycles. The van der Waals surface area contributed by atoms with E-state index in [0.29, 0.717) is 5.52 Å². The molecule has 0 atom stereocenters. The first kappa shape index (κ1) is 15.1. The molecule has 0 unspecified atom stereocenters. The van der Waals surface area contributed by atoms with E-state index in [1.54, 1.807) is 12.3 Å². The summed E-state index contributed by atoms with van der Waals surface area (Å²) in [7, 11) is 3.92. The summed E-state index contributed by atoms with van der Waals surface area (Å²) < 4.78 is 13.7. The van der Waals surface area contributed by atoms with E-state index in [1.807, 2.05) is 49.3 Å². The first-order valence-electron chi connectivity index (χ1n) is 7.36. The fourth-order valence-corrected chi connectivity index (χ4v) is 2.54. The van der Waals surface area contributed by atoms with E-state index in [0.717, 1.165) is 22.3 Å². The maximum absolute atomic E-state index is 13.7. The maximum Gasteiger partial charge on any atom is 0.228 e. The molecule has 0 saturated heterocycles. The number of halogens is 1. The summed E-state index contributed by atoms with van der Waals surface area (Å²) in [6, 6.07) is 12.5. The average Bonchev–Trinajstić information content (AvgIpc) is 2.92. The zero-order chi connectivity index (χ0) is 16.4. The highest BCUT2D eigenvalue weighted by Gasteiger charge is 2.11. The fourth-order valence-electron chi connectivity index (χ4n) is 2.54. The molecular formula is C18H18FN3O. The normalized spacial score (nSPS) is 10.7. The van der Waals surface area contributed by atoms with Gasteiger partial charge in [-0.2, -0.15) is 0 Å². The minimum absolute atomic E-state index is 0.132. The predicted molar refractivity (Wildman–Crippen MR) is 91.4 cm³/mol. The van der Waals surface area contributed by atoms with E-state index in [2.05, 4.69) is 10.3 Å². The number of rotatable bonds is 4. The Labute approximate surface area is 133 Å². The van der Waals surface area contributed by atoms with Gasteiger partial charge in [-0.1, -0.05) is 12.1 Å². The van der Waals surface area contributed by atoms with Crippen LogP contribution in [0.2, 0.25) is 0 Å². The lowest BCUT2D eigenvalue weighted by Gasteiger charge is -2.13. The van der Waals surface area contributed by atoms with E-state index in [1.165, 1.54) is 6.07 Å². The third-order valence-electron chi connectivity index (χ3n) is 3.77. The van der Waals surface area contributed by atoms with E-state index < -0.39 is 0 Å². The van der Waals surface area contributed by atoms with Gasteiger partial charge >= 0.3 is 0 Å². The fraction of sp³-hybridized carbons (Fsp3) is 0.167. The zero-order valence-electron chi connectivity index (χ0n) is 13.1. The number of carbonyl (C=O) groups is 1. The number of hydrogen-bond acceptors (Lipinski definition) is 2. The Kier molecular flexibility index (Phi) is 4.02. The molecule has 4 nitrogen and oxygen atoms in total. The van der Waals surface area contributed by atoms with Crippen molar-refractivity contribution in [2.75, 3.05) is 24.3 Å². The number of aromatic nitrogens is 1. The molecular weight excluding hydrogens is 293 g/mol. The Hall–Kier alpha value is -2.82. The van der Waals surface area contributed by atoms with E-state index >= 15 is 0 Å². The van der Waals surface area contributed by atoms with Gasteiger partial charge in [-0.25, -0.2) is 4.39 Å². The molecule has 1 amide bonds. The first-order chi connectivity index (χ1) is 11.0. The Morgan fingerprint density at radius 1 is 1.17 bits per heavy atom. The van der Waals surface area contributed by atoms with Crippen molar-refractivity contribution in [1.29, 1.82) is 0 Å². The monoisotopic (exact) mass is 311 g/mol. The van der Waals surface area contributed by atoms with Crippen LogP contribution in [0.1, 0.15) is 5.56 Å². The molecule has 5 heteroatoms. The quantitative estimate of drug-likeness (QED) is 0.774. The molecule has 118 valence electrons. The van der Waals surface area contributed by atoms with Gasteiger partial charge in [-0.15, -0.1) is 0 Å². The highest BCUT2D eigenvalue weighted by atomic mass is 19.1. The Balaban J connectivity index is 1.72. The van der Waals surface area contributed by atoms with Crippen LogP contribution < -0.4 is 10.2 Å². The van der Waals surface area contributed by atoms with Crippen molar-refractivity contribution in [2.45, 2.75) is 6.42 Å². The molecule has 0 radical (unpaired) electrons. The highest BCUT2D eigenvalue weighted by molar-refractivity contribution is 5.96. The number of fused-ring (bicyclic) bond motifs is 1. The molecule has 3 aromatic rings. The van der Waals surface area contributed by atoms with Crippen LogP contribution in [0.3, 0.4) is 0 Å². The molecule has 0 saturated carbocycles. The predicted octanol–water partition coefficient (Wildman–Crippen LogP) is 3.55. The largest absolute Gasteiger partial charge is 0.378 e. The van der Waals surface area contributed by atoms with Gasteiger partial charge in [-0.05, 0) is 35.9 Å². The van der Waals surface area contributed by atoms with Crippen molar-refractivity contribution in [3.05, 3.63) is 60.0 Å². The van der Waals surface area contributed by atoms with Crippen molar-refractivity contribution in [1.82, 2.24) is 4.98 Å². The minimum Gasteiger partial charge on any atom is -0.378 e. The Bertz CT molecular complexity index is 837. The number of carbonyl (C=O) groups excluding carboxylic acids is 1. The summed E-state index contributed by atoms with van der Waals surface area (Å²) in [4.78, 5) is 17.1. The van der Waals surface area contributed by atoms with Crippen LogP contribution in [0.15, 0.2) is 48.7 Å². The molecule has 2 N–H and O–H groups in total. The van der Waals surface area contributed by atoms with Gasteiger partial charge in [0.2, 0.25) is 5.91 Å². The molecule has 2 aromatic carbocycles. The number of hydrogen-bond donors (Lipinski definition) is 2. The van der Waals surface area contributed by atoms with Gasteiger partial charge < -0.3 is 15.2 Å². The van der Waals surface area contributed by atoms with Gasteiger partial charge in [0.25, 0.3) is 0 Å². The van der Waals surface area contributed by atoms with Crippen molar-refractivity contribution >= 4 is 28.2 Å². The molecule has 0 aliphatic heterocycles. The van der Waals surface area contributed by atoms with Crippen LogP contribution in [0.25, 0.3) is 10.9 Å². The summed E-state index contributed by atoms with van der Waals surface area (Å²) >= 11 is 0. The molecule has 0 spiro atoms. The number of aromatic amines is 1. The summed E-state index contributed by atoms with van der Waals surface area (Å²) in [5.74, 6) is -0.443. The van der Waals surface area contributed by atoms with Gasteiger partial charge in [0.15, 0.2) is 0 Å². The number of amides is 1. The molecule has 3 rings (SSSR count). The number of anilines is 2. The van der Waals surface area contributed by atoms with Gasteiger partial charge in [-0.3, -0.25) is 4.79 Å². The second kappa shape index (κ2) is 6.12. The second-order valence-corrected chi connectivity index (χ2v) is 5.64. The second-order valence-electron chi connectivity index (χ2n) is 5.64. The van der Waals surface area contributed by atoms with Gasteiger partial charge in [0, 0.05) is 37.1 Å². The Morgan fingerprint density at radius 2 is 1.91 bits per heavy atom. The summed E-state index contributed by atoms with van der Waals surface area (Å²) in [6.45, 7) is 0. The molecule has 1 heterocycles. The maximum atomic E-state index is 13.7. The average molecular weight is 311 g/mol. The van der Waals surface area contributed by atoms with E-state index in [9.17, 15) is 9.18 Å². The molecule has 23 heavy (non-hydrogen) atoms. The van der Waals surface area contributed by atoms with Crippen LogP contribution in [0.4, 0.5) is 15.8 Å². The van der Waals surface area contributed by atoms with Crippen LogP contribution in [-0.4, -0.2) is 25.0 Å². The molecule has 0 bridgehead atoms. The zero-order valence-corrected chi connectivity index (χ0v) is 13.1. The standard InChI is InChI=1S/C18H18FN3O/c1-22(2)14-8-6-13(7-9-14)21-17(23)10-12-11-20-18-15(12)4-3-5-16(18)19/h3-9,11,20H,10H2,1-2H3,(H,21,23). The lowest BCUT2D eigenvalue weighted by molar-refractivity contribution is -0.115. The summed E-state index contributed by atoms with van der Waals surface area (Å²) in [6.07, 6.45) is 1.88. The topological polar surface area (TPSA) is 48.1 Å². The number of H-pyrrole nitrogens is 1. The van der Waals surface area contributed by atoms with Crippen molar-refractivity contribution < 1.29 is 9.18 Å². The minimum atomic E-state index is -0.312. The highest BCUT2D eigenvalue weighted by Crippen LogP contribution is 2.22. The van der Waals surface area contributed by atoms with Crippen LogP contribution in [0.5, 0.6) is 0 Å². The number of nitrogens with zero attached hydrogens (tertiary/aromatic N) is 1. The van der Waals surface area contributed by atoms with Gasteiger partial charge in [0.1, 0.15) is 5.82 Å². The summed E-state index contributed by atoms with van der Waals surface area (Å²) in [5, 5.41) is 3.60. The number of nitrogens with one attached hydrogen (secondary N) is 2. The lowest BCUT2D eigenvalue weighted by atomic mass is 10.1. The lowest BCUT2D eigenvalue weighted by Crippen LogP contribution is -2.14. The van der Waals surface area contributed by atoms with Crippen molar-refractivity contribution in [2.24, 2.45) is 0 Å². The summed E-state index contributed by atoms with van der Waals surface area (Å²) in [5.41, 5.74) is 3.02. The van der Waals surface area contributed by atoms with Crippen LogP contribution in [-0.2, 0) is 11.2 Å². The van der Waals surface area contributed by atoms with E-state index in [-0.39, 0.29) is 18.1 Å². The van der Waals surface area contributed by atoms with Crippen LogP contribution in [0, 0.1) is 5.82 Å².